The predicted molar refractivity (Wildman–Crippen MR) is 74.1 cm³/mol. The maximum atomic E-state index is 13.0. The Balaban J connectivity index is 1.79. The van der Waals surface area contributed by atoms with Gasteiger partial charge in [-0.05, 0) is 42.4 Å². The molecule has 2 heteroatoms. The Labute approximate surface area is 114 Å². The second kappa shape index (κ2) is 4.90. The lowest BCUT2D eigenvalue weighted by atomic mass is 9.89. The highest BCUT2D eigenvalue weighted by molar-refractivity contribution is 5.25. The number of hydrogen-bond acceptors (Lipinski definition) is 1. The van der Waals surface area contributed by atoms with Gasteiger partial charge in [0.2, 0.25) is 0 Å². The Bertz CT molecular complexity index is 425. The fourth-order valence-corrected chi connectivity index (χ4v) is 4.24. The molecule has 0 heterocycles. The lowest BCUT2D eigenvalue weighted by Crippen LogP contribution is -2.14. The average Bonchev–Trinajstić information content (AvgIpc) is 2.92. The SMILES string of the molecule is CC1(C(O)c2ccc(F)cc2)[C@@H]2CCCCCC[C@@H]21. The van der Waals surface area contributed by atoms with Crippen molar-refractivity contribution in [3.05, 3.63) is 35.6 Å². The summed E-state index contributed by atoms with van der Waals surface area (Å²) in [6.07, 6.45) is 7.33. The van der Waals surface area contributed by atoms with E-state index in [0.29, 0.717) is 11.8 Å². The van der Waals surface area contributed by atoms with Crippen LogP contribution in [0.3, 0.4) is 0 Å². The van der Waals surface area contributed by atoms with Crippen molar-refractivity contribution in [2.75, 3.05) is 0 Å². The number of rotatable bonds is 2. The highest BCUT2D eigenvalue weighted by Crippen LogP contribution is 2.69. The largest absolute Gasteiger partial charge is 0.388 e. The van der Waals surface area contributed by atoms with Gasteiger partial charge < -0.3 is 5.11 Å². The van der Waals surface area contributed by atoms with Crippen molar-refractivity contribution in [1.29, 1.82) is 0 Å². The molecule has 1 aromatic carbocycles. The van der Waals surface area contributed by atoms with Crippen molar-refractivity contribution in [1.82, 2.24) is 0 Å². The van der Waals surface area contributed by atoms with Gasteiger partial charge in [-0.15, -0.1) is 0 Å². The van der Waals surface area contributed by atoms with E-state index < -0.39 is 6.10 Å². The van der Waals surface area contributed by atoms with E-state index in [0.717, 1.165) is 5.56 Å². The molecule has 2 aliphatic rings. The molecule has 0 saturated heterocycles. The molecular weight excluding hydrogens is 239 g/mol. The number of hydrogen-bond donors (Lipinski definition) is 1. The minimum absolute atomic E-state index is 0.0160. The van der Waals surface area contributed by atoms with E-state index in [2.05, 4.69) is 6.92 Å². The summed E-state index contributed by atoms with van der Waals surface area (Å²) >= 11 is 0. The molecule has 1 aromatic rings. The molecular formula is C17H23FO. The summed E-state index contributed by atoms with van der Waals surface area (Å²) in [5, 5.41) is 10.7. The Morgan fingerprint density at radius 1 is 1.05 bits per heavy atom. The fraction of sp³-hybridized carbons (Fsp3) is 0.647. The van der Waals surface area contributed by atoms with Crippen molar-refractivity contribution < 1.29 is 9.50 Å². The Kier molecular flexibility index (Phi) is 3.38. The van der Waals surface area contributed by atoms with Crippen molar-refractivity contribution in [2.24, 2.45) is 17.3 Å². The number of aliphatic hydroxyl groups is 1. The van der Waals surface area contributed by atoms with E-state index in [4.69, 9.17) is 0 Å². The standard InChI is InChI=1S/C17H23FO/c1-17(14-6-4-2-3-5-7-15(14)17)16(19)12-8-10-13(18)11-9-12/h8-11,14-16,19H,2-7H2,1H3/t14-,15+,16?,17?. The van der Waals surface area contributed by atoms with Gasteiger partial charge >= 0.3 is 0 Å². The molecule has 0 amide bonds. The van der Waals surface area contributed by atoms with Crippen LogP contribution in [0.1, 0.15) is 57.1 Å². The third kappa shape index (κ3) is 2.20. The van der Waals surface area contributed by atoms with Crippen LogP contribution < -0.4 is 0 Å². The zero-order chi connectivity index (χ0) is 13.5. The van der Waals surface area contributed by atoms with E-state index in [9.17, 15) is 9.50 Å². The van der Waals surface area contributed by atoms with Gasteiger partial charge in [0.15, 0.2) is 0 Å². The van der Waals surface area contributed by atoms with Crippen LogP contribution in [-0.2, 0) is 0 Å². The molecule has 19 heavy (non-hydrogen) atoms. The highest BCUT2D eigenvalue weighted by Gasteiger charge is 2.63. The maximum Gasteiger partial charge on any atom is 0.123 e. The van der Waals surface area contributed by atoms with Crippen LogP contribution in [-0.4, -0.2) is 5.11 Å². The third-order valence-electron chi connectivity index (χ3n) is 5.53. The van der Waals surface area contributed by atoms with Gasteiger partial charge in [0.05, 0.1) is 6.10 Å². The monoisotopic (exact) mass is 262 g/mol. The molecule has 2 aliphatic carbocycles. The van der Waals surface area contributed by atoms with E-state index in [1.807, 2.05) is 0 Å². The number of fused-ring (bicyclic) bond motifs is 1. The van der Waals surface area contributed by atoms with Crippen molar-refractivity contribution in [3.8, 4) is 0 Å². The van der Waals surface area contributed by atoms with Crippen molar-refractivity contribution >= 4 is 0 Å². The van der Waals surface area contributed by atoms with Gasteiger partial charge in [0.1, 0.15) is 5.82 Å². The van der Waals surface area contributed by atoms with Crippen LogP contribution in [0, 0.1) is 23.1 Å². The van der Waals surface area contributed by atoms with Gasteiger partial charge in [-0.1, -0.05) is 44.7 Å². The Morgan fingerprint density at radius 3 is 2.11 bits per heavy atom. The van der Waals surface area contributed by atoms with Crippen LogP contribution in [0.5, 0.6) is 0 Å². The minimum Gasteiger partial charge on any atom is -0.388 e. The molecule has 0 spiro atoms. The third-order valence-corrected chi connectivity index (χ3v) is 5.53. The van der Waals surface area contributed by atoms with E-state index >= 15 is 0 Å². The van der Waals surface area contributed by atoms with Crippen molar-refractivity contribution in [3.63, 3.8) is 0 Å². The number of halogens is 1. The van der Waals surface area contributed by atoms with Crippen LogP contribution in [0.15, 0.2) is 24.3 Å². The normalized spacial score (nSPS) is 35.9. The number of aliphatic hydroxyl groups excluding tert-OH is 1. The zero-order valence-corrected chi connectivity index (χ0v) is 11.6. The first-order valence-corrected chi connectivity index (χ1v) is 7.57. The van der Waals surface area contributed by atoms with Crippen LogP contribution in [0.2, 0.25) is 0 Å². The zero-order valence-electron chi connectivity index (χ0n) is 11.6. The maximum absolute atomic E-state index is 13.0. The smallest absolute Gasteiger partial charge is 0.123 e. The van der Waals surface area contributed by atoms with Gasteiger partial charge in [0.25, 0.3) is 0 Å². The van der Waals surface area contributed by atoms with E-state index in [1.54, 1.807) is 12.1 Å². The second-order valence-electron chi connectivity index (χ2n) is 6.52. The minimum atomic E-state index is -0.443. The molecule has 0 radical (unpaired) electrons. The molecule has 104 valence electrons. The van der Waals surface area contributed by atoms with E-state index in [1.165, 1.54) is 50.7 Å². The summed E-state index contributed by atoms with van der Waals surface area (Å²) in [4.78, 5) is 0. The highest BCUT2D eigenvalue weighted by atomic mass is 19.1. The first-order valence-electron chi connectivity index (χ1n) is 7.57. The van der Waals surface area contributed by atoms with Gasteiger partial charge in [-0.25, -0.2) is 4.39 Å². The molecule has 0 bridgehead atoms. The lowest BCUT2D eigenvalue weighted by molar-refractivity contribution is 0.0844. The van der Waals surface area contributed by atoms with Crippen LogP contribution in [0.4, 0.5) is 4.39 Å². The molecule has 3 rings (SSSR count). The lowest BCUT2D eigenvalue weighted by Gasteiger charge is -2.21. The van der Waals surface area contributed by atoms with Gasteiger partial charge in [0, 0.05) is 5.41 Å². The van der Waals surface area contributed by atoms with Crippen LogP contribution >= 0.6 is 0 Å². The molecule has 1 nitrogen and oxygen atoms in total. The molecule has 0 aromatic heterocycles. The summed E-state index contributed by atoms with van der Waals surface area (Å²) < 4.78 is 13.0. The molecule has 2 fully saturated rings. The summed E-state index contributed by atoms with van der Waals surface area (Å²) in [5.74, 6) is 1.09. The molecule has 2 saturated carbocycles. The second-order valence-corrected chi connectivity index (χ2v) is 6.52. The summed E-state index contributed by atoms with van der Waals surface area (Å²) in [5.41, 5.74) is 0.887. The van der Waals surface area contributed by atoms with E-state index in [-0.39, 0.29) is 11.2 Å². The fourth-order valence-electron chi connectivity index (χ4n) is 4.24. The molecule has 2 unspecified atom stereocenters. The predicted octanol–water partition coefficient (Wildman–Crippen LogP) is 4.47. The Hall–Kier alpha value is -0.890. The topological polar surface area (TPSA) is 20.2 Å². The summed E-state index contributed by atoms with van der Waals surface area (Å²) in [6, 6.07) is 6.37. The quantitative estimate of drug-likeness (QED) is 0.834. The van der Waals surface area contributed by atoms with Crippen molar-refractivity contribution in [2.45, 2.75) is 51.6 Å². The first-order chi connectivity index (χ1) is 9.14. The molecule has 4 atom stereocenters. The first kappa shape index (κ1) is 13.1. The molecule has 0 aliphatic heterocycles. The van der Waals surface area contributed by atoms with Crippen LogP contribution in [0.25, 0.3) is 0 Å². The summed E-state index contributed by atoms with van der Waals surface area (Å²) in [7, 11) is 0. The Morgan fingerprint density at radius 2 is 1.58 bits per heavy atom. The van der Waals surface area contributed by atoms with Gasteiger partial charge in [-0.2, -0.15) is 0 Å². The van der Waals surface area contributed by atoms with Gasteiger partial charge in [-0.3, -0.25) is 0 Å². The average molecular weight is 262 g/mol. The number of benzene rings is 1. The summed E-state index contributed by atoms with van der Waals surface area (Å²) in [6.45, 7) is 2.22. The molecule has 1 N–H and O–H groups in total.